The zero-order valence-corrected chi connectivity index (χ0v) is 23.8. The number of para-hydroxylation sites is 1. The fraction of sp³-hybridized carbons (Fsp3) is 0.219. The van der Waals surface area contributed by atoms with Crippen molar-refractivity contribution in [3.8, 4) is 17.3 Å². The summed E-state index contributed by atoms with van der Waals surface area (Å²) < 4.78 is 34.7. The van der Waals surface area contributed by atoms with E-state index in [4.69, 9.17) is 10.5 Å². The Morgan fingerprint density at radius 1 is 1.05 bits per heavy atom. The lowest BCUT2D eigenvalue weighted by molar-refractivity contribution is -0.119. The van der Waals surface area contributed by atoms with Gasteiger partial charge in [0.05, 0.1) is 29.3 Å². The zero-order chi connectivity index (χ0) is 30.9. The molecule has 1 aliphatic carbocycles. The summed E-state index contributed by atoms with van der Waals surface area (Å²) in [6.07, 6.45) is 6.35. The topological polar surface area (TPSA) is 124 Å². The van der Waals surface area contributed by atoms with Crippen molar-refractivity contribution >= 4 is 35.3 Å². The van der Waals surface area contributed by atoms with E-state index in [-0.39, 0.29) is 35.0 Å². The number of fused-ring (bicyclic) bond motifs is 2. The Labute approximate surface area is 250 Å². The maximum Gasteiger partial charge on any atom is 0.332 e. The Bertz CT molecular complexity index is 1910. The van der Waals surface area contributed by atoms with E-state index in [0.717, 1.165) is 35.2 Å². The third kappa shape index (κ3) is 4.24. The van der Waals surface area contributed by atoms with Crippen molar-refractivity contribution in [1.29, 1.82) is 0 Å². The number of imide groups is 1. The molecule has 44 heavy (non-hydrogen) atoms. The molecule has 0 bridgehead atoms. The number of amides is 3. The predicted molar refractivity (Wildman–Crippen MR) is 157 cm³/mol. The molecule has 0 unspecified atom stereocenters. The first-order chi connectivity index (χ1) is 21.1. The van der Waals surface area contributed by atoms with Gasteiger partial charge in [0.15, 0.2) is 17.4 Å². The number of rotatable bonds is 6. The number of hydrogen-bond acceptors (Lipinski definition) is 7. The molecule has 222 valence electrons. The van der Waals surface area contributed by atoms with Crippen molar-refractivity contribution < 1.29 is 27.9 Å². The number of nitrogen functional groups attached to an aromatic ring is 1. The number of anilines is 2. The highest BCUT2D eigenvalue weighted by molar-refractivity contribution is 6.22. The van der Waals surface area contributed by atoms with Gasteiger partial charge in [0.25, 0.3) is 5.91 Å². The minimum absolute atomic E-state index is 0.0291. The summed E-state index contributed by atoms with van der Waals surface area (Å²) in [6.45, 7) is 4.14. The van der Waals surface area contributed by atoms with Gasteiger partial charge in [-0.05, 0) is 79.3 Å². The second-order valence-corrected chi connectivity index (χ2v) is 11.1. The Kier molecular flexibility index (Phi) is 6.31. The molecule has 2 aromatic carbocycles. The smallest absolute Gasteiger partial charge is 0.332 e. The van der Waals surface area contributed by atoms with E-state index < -0.39 is 23.4 Å². The third-order valence-corrected chi connectivity index (χ3v) is 8.36. The van der Waals surface area contributed by atoms with E-state index >= 15 is 0 Å². The van der Waals surface area contributed by atoms with Crippen LogP contribution in [0, 0.1) is 25.5 Å². The van der Waals surface area contributed by atoms with Gasteiger partial charge < -0.3 is 15.4 Å². The standard InChI is InChI=1S/C32H26F2N6O4/c1-16-9-18-11-20(12-19(18)13-25(16)39-31(42)24-7-4-8-38(24)32(39)43)28(41)21-14-37-40(30(21)35)26-15-36-27(10-17(26)2)44-29-22(33)5-3-6-23(29)34/h3,5-6,9-11,13-15,24H,4,7-8,12,35H2,1-2H3/t24-/m0/s1. The van der Waals surface area contributed by atoms with Crippen LogP contribution in [0.3, 0.4) is 0 Å². The van der Waals surface area contributed by atoms with Crippen LogP contribution < -0.4 is 15.4 Å². The summed E-state index contributed by atoms with van der Waals surface area (Å²) in [5, 5.41) is 4.31. The van der Waals surface area contributed by atoms with Crippen LogP contribution in [0.5, 0.6) is 11.6 Å². The van der Waals surface area contributed by atoms with E-state index in [2.05, 4.69) is 10.1 Å². The normalized spacial score (nSPS) is 17.3. The molecule has 2 aromatic heterocycles. The molecular formula is C32H26F2N6O4. The number of nitrogens with two attached hydrogens (primary N) is 1. The minimum atomic E-state index is -0.860. The molecule has 2 aliphatic heterocycles. The highest BCUT2D eigenvalue weighted by Gasteiger charge is 2.48. The molecule has 10 nitrogen and oxygen atoms in total. The Hall–Kier alpha value is -5.39. The van der Waals surface area contributed by atoms with E-state index in [1.165, 1.54) is 34.1 Å². The first-order valence-electron chi connectivity index (χ1n) is 14.1. The number of ether oxygens (including phenoxy) is 1. The van der Waals surface area contributed by atoms with E-state index in [1.807, 2.05) is 19.1 Å². The van der Waals surface area contributed by atoms with Crippen molar-refractivity contribution in [2.45, 2.75) is 39.2 Å². The molecule has 4 heterocycles. The molecule has 2 fully saturated rings. The fourth-order valence-corrected chi connectivity index (χ4v) is 6.11. The van der Waals surface area contributed by atoms with Crippen LogP contribution in [0.25, 0.3) is 11.8 Å². The number of urea groups is 1. The molecular weight excluding hydrogens is 570 g/mol. The molecule has 2 N–H and O–H groups in total. The van der Waals surface area contributed by atoms with Crippen molar-refractivity contribution in [3.05, 3.63) is 93.8 Å². The Morgan fingerprint density at radius 3 is 2.52 bits per heavy atom. The van der Waals surface area contributed by atoms with Gasteiger partial charge in [-0.3, -0.25) is 9.59 Å². The number of benzene rings is 2. The Balaban J connectivity index is 1.11. The molecule has 3 aliphatic rings. The third-order valence-electron chi connectivity index (χ3n) is 8.36. The average molecular weight is 597 g/mol. The van der Waals surface area contributed by atoms with Crippen LogP contribution >= 0.6 is 0 Å². The number of aryl methyl sites for hydroxylation is 2. The number of Topliss-reactive ketones (excluding diaryl/α,β-unsaturated/α-hetero) is 1. The lowest BCUT2D eigenvalue weighted by atomic mass is 10.0. The molecule has 4 aromatic rings. The van der Waals surface area contributed by atoms with Crippen LogP contribution in [0.15, 0.2) is 54.4 Å². The van der Waals surface area contributed by atoms with Crippen LogP contribution in [0.4, 0.5) is 25.1 Å². The molecule has 1 atom stereocenters. The van der Waals surface area contributed by atoms with Crippen LogP contribution in [-0.2, 0) is 11.2 Å². The lowest BCUT2D eigenvalue weighted by Gasteiger charge is -2.19. The number of carbonyl (C=O) groups excluding carboxylic acids is 3. The van der Waals surface area contributed by atoms with Crippen molar-refractivity contribution in [3.63, 3.8) is 0 Å². The number of halogens is 2. The van der Waals surface area contributed by atoms with E-state index in [1.54, 1.807) is 17.9 Å². The number of ketones is 1. The molecule has 0 spiro atoms. The lowest BCUT2D eigenvalue weighted by Crippen LogP contribution is -2.33. The molecule has 2 saturated heterocycles. The summed E-state index contributed by atoms with van der Waals surface area (Å²) in [5.74, 6) is -2.73. The summed E-state index contributed by atoms with van der Waals surface area (Å²) in [5.41, 5.74) is 11.1. The van der Waals surface area contributed by atoms with Gasteiger partial charge in [-0.2, -0.15) is 5.10 Å². The van der Waals surface area contributed by atoms with E-state index in [9.17, 15) is 23.2 Å². The molecule has 0 saturated carbocycles. The predicted octanol–water partition coefficient (Wildman–Crippen LogP) is 5.29. The molecule has 3 amide bonds. The fourth-order valence-electron chi connectivity index (χ4n) is 6.11. The molecule has 12 heteroatoms. The average Bonchev–Trinajstić information content (AvgIpc) is 3.76. The molecule has 0 radical (unpaired) electrons. The highest BCUT2D eigenvalue weighted by Crippen LogP contribution is 2.38. The zero-order valence-electron chi connectivity index (χ0n) is 23.8. The molecule has 7 rings (SSSR count). The quantitative estimate of drug-likeness (QED) is 0.237. The monoisotopic (exact) mass is 596 g/mol. The second kappa shape index (κ2) is 10.1. The summed E-state index contributed by atoms with van der Waals surface area (Å²) >= 11 is 0. The number of pyridine rings is 1. The van der Waals surface area contributed by atoms with Gasteiger partial charge in [0.2, 0.25) is 11.6 Å². The van der Waals surface area contributed by atoms with E-state index in [0.29, 0.717) is 41.9 Å². The van der Waals surface area contributed by atoms with Gasteiger partial charge in [-0.1, -0.05) is 6.07 Å². The van der Waals surface area contributed by atoms with Crippen molar-refractivity contribution in [2.75, 3.05) is 17.2 Å². The maximum atomic E-state index is 14.0. The number of allylic oxidation sites excluding steroid dienone is 1. The largest absolute Gasteiger partial charge is 0.433 e. The van der Waals surface area contributed by atoms with Gasteiger partial charge in [0.1, 0.15) is 11.9 Å². The highest BCUT2D eigenvalue weighted by atomic mass is 19.1. The van der Waals surface area contributed by atoms with Gasteiger partial charge >= 0.3 is 6.03 Å². The Morgan fingerprint density at radius 2 is 1.80 bits per heavy atom. The maximum absolute atomic E-state index is 14.0. The summed E-state index contributed by atoms with van der Waals surface area (Å²) in [4.78, 5) is 46.7. The summed E-state index contributed by atoms with van der Waals surface area (Å²) in [6, 6.07) is 7.89. The number of hydrogen-bond donors (Lipinski definition) is 1. The summed E-state index contributed by atoms with van der Waals surface area (Å²) in [7, 11) is 0. The first kappa shape index (κ1) is 27.4. The van der Waals surface area contributed by atoms with Crippen LogP contribution in [0.2, 0.25) is 0 Å². The number of aromatic nitrogens is 3. The van der Waals surface area contributed by atoms with Gasteiger partial charge in [-0.25, -0.2) is 28.1 Å². The number of carbonyl (C=O) groups is 3. The van der Waals surface area contributed by atoms with Gasteiger partial charge in [0, 0.05) is 24.6 Å². The number of nitrogens with zero attached hydrogens (tertiary/aromatic N) is 5. The van der Waals surface area contributed by atoms with Crippen LogP contribution in [0.1, 0.15) is 45.5 Å². The van der Waals surface area contributed by atoms with Crippen molar-refractivity contribution in [1.82, 2.24) is 19.7 Å². The van der Waals surface area contributed by atoms with Crippen LogP contribution in [-0.4, -0.2) is 50.0 Å². The van der Waals surface area contributed by atoms with Gasteiger partial charge in [-0.15, -0.1) is 0 Å². The second-order valence-electron chi connectivity index (χ2n) is 11.1. The minimum Gasteiger partial charge on any atom is -0.433 e. The first-order valence-corrected chi connectivity index (χ1v) is 14.1. The van der Waals surface area contributed by atoms with Crippen molar-refractivity contribution in [2.24, 2.45) is 0 Å². The SMILES string of the molecule is Cc1cc2c(cc1N1C(=O)[C@@H]3CCCN3C1=O)CC(C(=O)c1cnn(-c3cnc(Oc4c(F)cccc4F)cc3C)c1N)=C2.